The number of nitrogens with one attached hydrogen (secondary N) is 1. The predicted octanol–water partition coefficient (Wildman–Crippen LogP) is 0.757. The lowest BCUT2D eigenvalue weighted by molar-refractivity contribution is -0.155. The lowest BCUT2D eigenvalue weighted by Crippen LogP contribution is -2.50. The number of nitrogens with zero attached hydrogens (tertiary/aromatic N) is 2. The molecule has 0 spiro atoms. The van der Waals surface area contributed by atoms with E-state index < -0.39 is 17.6 Å². The highest BCUT2D eigenvalue weighted by Gasteiger charge is 2.30. The van der Waals surface area contributed by atoms with Crippen LogP contribution in [0.15, 0.2) is 18.2 Å². The number of amides is 2. The molecule has 0 aliphatic heterocycles. The molecule has 0 bridgehead atoms. The standard InChI is InChI=1S/C14H21N3O4/c1-4-17(8-11-7-5-6-10(2)16-11)13(20)15-9-14(3,21)12(18)19/h5-7,21H,4,8-9H2,1-3H3,(H,15,20)(H,18,19). The minimum absolute atomic E-state index is 0.319. The van der Waals surface area contributed by atoms with E-state index in [1.54, 1.807) is 0 Å². The van der Waals surface area contributed by atoms with E-state index in [-0.39, 0.29) is 6.54 Å². The monoisotopic (exact) mass is 295 g/mol. The Morgan fingerprint density at radius 1 is 1.43 bits per heavy atom. The number of carbonyl (C=O) groups is 2. The minimum atomic E-state index is -1.99. The van der Waals surface area contributed by atoms with Gasteiger partial charge in [0.1, 0.15) is 0 Å². The van der Waals surface area contributed by atoms with Crippen molar-refractivity contribution < 1.29 is 19.8 Å². The summed E-state index contributed by atoms with van der Waals surface area (Å²) < 4.78 is 0. The Labute approximate surface area is 123 Å². The van der Waals surface area contributed by atoms with Gasteiger partial charge in [-0.2, -0.15) is 0 Å². The first-order valence-corrected chi connectivity index (χ1v) is 6.67. The molecule has 116 valence electrons. The fourth-order valence-electron chi connectivity index (χ4n) is 1.65. The Bertz CT molecular complexity index is 517. The summed E-state index contributed by atoms with van der Waals surface area (Å²) in [5.74, 6) is -1.38. The van der Waals surface area contributed by atoms with Gasteiger partial charge in [0.2, 0.25) is 0 Å². The van der Waals surface area contributed by atoms with E-state index in [9.17, 15) is 14.7 Å². The van der Waals surface area contributed by atoms with Gasteiger partial charge in [0.05, 0.1) is 18.8 Å². The van der Waals surface area contributed by atoms with Gasteiger partial charge >= 0.3 is 12.0 Å². The summed E-state index contributed by atoms with van der Waals surface area (Å²) in [6.07, 6.45) is 0. The number of aliphatic carboxylic acids is 1. The quantitative estimate of drug-likeness (QED) is 0.719. The van der Waals surface area contributed by atoms with Gasteiger partial charge in [0, 0.05) is 12.2 Å². The van der Waals surface area contributed by atoms with Crippen LogP contribution in [0.3, 0.4) is 0 Å². The highest BCUT2D eigenvalue weighted by atomic mass is 16.4. The molecule has 21 heavy (non-hydrogen) atoms. The van der Waals surface area contributed by atoms with E-state index in [4.69, 9.17) is 5.11 Å². The molecule has 7 nitrogen and oxygen atoms in total. The highest BCUT2D eigenvalue weighted by molar-refractivity contribution is 5.79. The molecule has 0 saturated heterocycles. The van der Waals surface area contributed by atoms with E-state index >= 15 is 0 Å². The van der Waals surface area contributed by atoms with E-state index in [1.807, 2.05) is 32.0 Å². The van der Waals surface area contributed by atoms with Crippen LogP contribution in [0.1, 0.15) is 25.2 Å². The number of hydrogen-bond donors (Lipinski definition) is 3. The number of rotatable bonds is 6. The number of aryl methyl sites for hydroxylation is 1. The lowest BCUT2D eigenvalue weighted by Gasteiger charge is -2.24. The average molecular weight is 295 g/mol. The second kappa shape index (κ2) is 7.03. The second-order valence-corrected chi connectivity index (χ2v) is 5.02. The first-order chi connectivity index (χ1) is 9.76. The summed E-state index contributed by atoms with van der Waals surface area (Å²) >= 11 is 0. The topological polar surface area (TPSA) is 103 Å². The molecule has 7 heteroatoms. The zero-order valence-corrected chi connectivity index (χ0v) is 12.5. The van der Waals surface area contributed by atoms with E-state index in [2.05, 4.69) is 10.3 Å². The van der Waals surface area contributed by atoms with Crippen molar-refractivity contribution in [3.63, 3.8) is 0 Å². The fourth-order valence-corrected chi connectivity index (χ4v) is 1.65. The lowest BCUT2D eigenvalue weighted by atomic mass is 10.1. The maximum Gasteiger partial charge on any atom is 0.337 e. The molecular formula is C14H21N3O4. The Morgan fingerprint density at radius 2 is 2.10 bits per heavy atom. The predicted molar refractivity (Wildman–Crippen MR) is 76.7 cm³/mol. The number of aliphatic hydroxyl groups is 1. The van der Waals surface area contributed by atoms with Gasteiger partial charge in [-0.3, -0.25) is 4.98 Å². The molecule has 1 unspecified atom stereocenters. The molecule has 1 atom stereocenters. The smallest absolute Gasteiger partial charge is 0.337 e. The van der Waals surface area contributed by atoms with Gasteiger partial charge in [-0.1, -0.05) is 6.07 Å². The van der Waals surface area contributed by atoms with E-state index in [0.29, 0.717) is 13.1 Å². The van der Waals surface area contributed by atoms with Gasteiger partial charge in [0.15, 0.2) is 5.60 Å². The second-order valence-electron chi connectivity index (χ2n) is 5.02. The fraction of sp³-hybridized carbons (Fsp3) is 0.500. The summed E-state index contributed by atoms with van der Waals surface area (Å²) in [5, 5.41) is 20.8. The molecule has 1 rings (SSSR count). The third kappa shape index (κ3) is 5.03. The van der Waals surface area contributed by atoms with Crippen molar-refractivity contribution in [1.82, 2.24) is 15.2 Å². The normalized spacial score (nSPS) is 13.3. The maximum atomic E-state index is 12.0. The Morgan fingerprint density at radius 3 is 2.62 bits per heavy atom. The minimum Gasteiger partial charge on any atom is -0.479 e. The van der Waals surface area contributed by atoms with Crippen LogP contribution in [0.4, 0.5) is 4.79 Å². The number of urea groups is 1. The summed E-state index contributed by atoms with van der Waals surface area (Å²) in [5.41, 5.74) is -0.383. The van der Waals surface area contributed by atoms with Gasteiger partial charge < -0.3 is 20.4 Å². The van der Waals surface area contributed by atoms with E-state index in [1.165, 1.54) is 4.90 Å². The molecule has 1 aromatic rings. The van der Waals surface area contributed by atoms with Gasteiger partial charge in [0.25, 0.3) is 0 Å². The van der Waals surface area contributed by atoms with Gasteiger partial charge in [-0.15, -0.1) is 0 Å². The molecule has 1 heterocycles. The van der Waals surface area contributed by atoms with Crippen molar-refractivity contribution in [3.05, 3.63) is 29.6 Å². The summed E-state index contributed by atoms with van der Waals surface area (Å²) in [4.78, 5) is 28.6. The molecule has 0 aliphatic carbocycles. The highest BCUT2D eigenvalue weighted by Crippen LogP contribution is 2.05. The third-order valence-corrected chi connectivity index (χ3v) is 3.01. The van der Waals surface area contributed by atoms with Crippen LogP contribution in [0, 0.1) is 6.92 Å². The van der Waals surface area contributed by atoms with E-state index in [0.717, 1.165) is 18.3 Å². The zero-order valence-electron chi connectivity index (χ0n) is 12.5. The van der Waals surface area contributed by atoms with Gasteiger partial charge in [-0.25, -0.2) is 9.59 Å². The molecule has 0 fully saturated rings. The largest absolute Gasteiger partial charge is 0.479 e. The van der Waals surface area contributed by atoms with Crippen molar-refractivity contribution in [1.29, 1.82) is 0 Å². The van der Waals surface area contributed by atoms with Crippen LogP contribution in [-0.4, -0.2) is 50.8 Å². The maximum absolute atomic E-state index is 12.0. The Kier molecular flexibility index (Phi) is 5.66. The Hall–Kier alpha value is -2.15. The van der Waals surface area contributed by atoms with Gasteiger partial charge in [-0.05, 0) is 32.9 Å². The molecule has 0 radical (unpaired) electrons. The molecular weight excluding hydrogens is 274 g/mol. The van der Waals surface area contributed by atoms with Crippen LogP contribution in [0.25, 0.3) is 0 Å². The van der Waals surface area contributed by atoms with Crippen molar-refractivity contribution in [2.75, 3.05) is 13.1 Å². The molecule has 1 aromatic heterocycles. The SMILES string of the molecule is CCN(Cc1cccc(C)n1)C(=O)NCC(C)(O)C(=O)O. The first kappa shape index (κ1) is 16.9. The van der Waals surface area contributed by atoms with Crippen LogP contribution in [0.5, 0.6) is 0 Å². The number of pyridine rings is 1. The summed E-state index contributed by atoms with van der Waals surface area (Å²) in [6, 6.07) is 5.10. The third-order valence-electron chi connectivity index (χ3n) is 3.01. The van der Waals surface area contributed by atoms with Crippen LogP contribution < -0.4 is 5.32 Å². The zero-order chi connectivity index (χ0) is 16.0. The summed E-state index contributed by atoms with van der Waals surface area (Å²) in [7, 11) is 0. The molecule has 0 aliphatic rings. The first-order valence-electron chi connectivity index (χ1n) is 6.67. The molecule has 2 amide bonds. The molecule has 3 N–H and O–H groups in total. The number of aromatic nitrogens is 1. The molecule has 0 aromatic carbocycles. The van der Waals surface area contributed by atoms with Crippen molar-refractivity contribution in [3.8, 4) is 0 Å². The molecule has 0 saturated carbocycles. The van der Waals surface area contributed by atoms with Crippen molar-refractivity contribution in [2.45, 2.75) is 32.9 Å². The Balaban J connectivity index is 2.64. The number of carbonyl (C=O) groups excluding carboxylic acids is 1. The number of carboxylic acid groups (broad SMARTS) is 1. The average Bonchev–Trinajstić information content (AvgIpc) is 2.42. The van der Waals surface area contributed by atoms with Crippen molar-refractivity contribution in [2.24, 2.45) is 0 Å². The van der Waals surface area contributed by atoms with Crippen LogP contribution >= 0.6 is 0 Å². The van der Waals surface area contributed by atoms with Crippen LogP contribution in [0.2, 0.25) is 0 Å². The summed E-state index contributed by atoms with van der Waals surface area (Å²) in [6.45, 7) is 5.21. The number of carboxylic acids is 1. The van der Waals surface area contributed by atoms with Crippen molar-refractivity contribution >= 4 is 12.0 Å². The van der Waals surface area contributed by atoms with Crippen LogP contribution in [-0.2, 0) is 11.3 Å². The number of hydrogen-bond acceptors (Lipinski definition) is 4.